The summed E-state index contributed by atoms with van der Waals surface area (Å²) < 4.78 is 13.0. The molecule has 6 nitrogen and oxygen atoms in total. The molecule has 0 amide bonds. The maximum Gasteiger partial charge on any atom is 0.357 e. The van der Waals surface area contributed by atoms with Crippen LogP contribution in [0.15, 0.2) is 48.5 Å². The van der Waals surface area contributed by atoms with E-state index in [1.54, 1.807) is 55.5 Å². The summed E-state index contributed by atoms with van der Waals surface area (Å²) in [6, 6.07) is 13.8. The highest BCUT2D eigenvalue weighted by Crippen LogP contribution is 2.28. The summed E-state index contributed by atoms with van der Waals surface area (Å²) in [6.07, 6.45) is 0. The molecule has 8 heteroatoms. The Morgan fingerprint density at radius 1 is 1.04 bits per heavy atom. The van der Waals surface area contributed by atoms with Gasteiger partial charge in [0.1, 0.15) is 12.5 Å². The Labute approximate surface area is 164 Å². The molecule has 0 aliphatic rings. The van der Waals surface area contributed by atoms with Crippen LogP contribution in [0.3, 0.4) is 0 Å². The van der Waals surface area contributed by atoms with E-state index in [9.17, 15) is 9.59 Å². The summed E-state index contributed by atoms with van der Waals surface area (Å²) in [7, 11) is 2.67. The van der Waals surface area contributed by atoms with Crippen molar-refractivity contribution in [1.29, 1.82) is 0 Å². The third kappa shape index (κ3) is 6.52. The predicted molar refractivity (Wildman–Crippen MR) is 104 cm³/mol. The Balaban J connectivity index is 0.00000176. The van der Waals surface area contributed by atoms with Crippen LogP contribution in [0.2, 0.25) is 5.02 Å². The number of carbonyl (C=O) groups is 2. The molecular formula is C19H21ClO6P+. The quantitative estimate of drug-likeness (QED) is 0.163. The lowest BCUT2D eigenvalue weighted by Gasteiger charge is -2.16. The number of Topliss-reactive ketones (excluding diaryl/α,β-unsaturated/α-hetero) is 1. The van der Waals surface area contributed by atoms with Crippen LogP contribution in [0.4, 0.5) is 0 Å². The van der Waals surface area contributed by atoms with Crippen LogP contribution in [-0.2, 0) is 23.9 Å². The molecule has 0 radical (unpaired) electrons. The Kier molecular flexibility index (Phi) is 10.5. The topological polar surface area (TPSA) is 78.9 Å². The van der Waals surface area contributed by atoms with Gasteiger partial charge in [-0.2, -0.15) is 4.89 Å². The number of hydrogen-bond donors (Lipinski definition) is 0. The molecule has 2 rings (SSSR count). The van der Waals surface area contributed by atoms with Crippen molar-refractivity contribution in [2.75, 3.05) is 20.3 Å². The second-order valence-corrected chi connectivity index (χ2v) is 5.76. The number of halogens is 1. The summed E-state index contributed by atoms with van der Waals surface area (Å²) in [5.41, 5.74) is 1.49. The van der Waals surface area contributed by atoms with Gasteiger partial charge in [-0.1, -0.05) is 58.6 Å². The number of methoxy groups -OCH3 is 1. The van der Waals surface area contributed by atoms with Crippen molar-refractivity contribution in [3.05, 3.63) is 70.2 Å². The molecule has 2 aromatic rings. The molecule has 2 atom stereocenters. The van der Waals surface area contributed by atoms with Gasteiger partial charge >= 0.3 is 15.1 Å². The molecule has 27 heavy (non-hydrogen) atoms. The Hall–Kier alpha value is -2.11. The largest absolute Gasteiger partial charge is 0.382 e. The van der Waals surface area contributed by atoms with Crippen LogP contribution in [0, 0.1) is 6.92 Å². The summed E-state index contributed by atoms with van der Waals surface area (Å²) in [5.74, 6) is -2.40. The molecule has 0 heterocycles. The summed E-state index contributed by atoms with van der Waals surface area (Å²) in [4.78, 5) is 35.2. The van der Waals surface area contributed by atoms with Crippen LogP contribution < -0.4 is 0 Å². The van der Waals surface area contributed by atoms with E-state index in [4.69, 9.17) is 30.7 Å². The van der Waals surface area contributed by atoms with Gasteiger partial charge in [0.2, 0.25) is 0 Å². The van der Waals surface area contributed by atoms with E-state index in [2.05, 4.69) is 0 Å². The number of rotatable bonds is 8. The predicted octanol–water partition coefficient (Wildman–Crippen LogP) is 3.94. The van der Waals surface area contributed by atoms with E-state index in [1.807, 2.05) is 0 Å². The summed E-state index contributed by atoms with van der Waals surface area (Å²) in [6.45, 7) is 2.10. The fourth-order valence-corrected chi connectivity index (χ4v) is 2.71. The Morgan fingerprint density at radius 3 is 2.30 bits per heavy atom. The van der Waals surface area contributed by atoms with E-state index >= 15 is 0 Å². The van der Waals surface area contributed by atoms with E-state index in [-0.39, 0.29) is 13.2 Å². The molecule has 0 N–H and O–H groups in total. The van der Waals surface area contributed by atoms with Crippen molar-refractivity contribution < 1.29 is 28.7 Å². The van der Waals surface area contributed by atoms with Crippen LogP contribution in [0.5, 0.6) is 0 Å². The van der Waals surface area contributed by atoms with Crippen molar-refractivity contribution in [3.8, 4) is 0 Å². The van der Waals surface area contributed by atoms with Crippen molar-refractivity contribution in [2.45, 2.75) is 12.8 Å². The van der Waals surface area contributed by atoms with Gasteiger partial charge in [0.05, 0.1) is 11.6 Å². The SMILES string of the molecule is COCCOOC(=O)C(C(=O)c1c(C)cccc1Cl)c1ccccc1.O=[PH2+]. The van der Waals surface area contributed by atoms with E-state index in [0.717, 1.165) is 0 Å². The first kappa shape index (κ1) is 22.9. The molecule has 0 saturated heterocycles. The molecule has 2 aromatic carbocycles. The molecule has 0 spiro atoms. The molecule has 0 saturated carbocycles. The lowest BCUT2D eigenvalue weighted by molar-refractivity contribution is -0.276. The third-order valence-electron chi connectivity index (χ3n) is 3.61. The molecule has 0 aromatic heterocycles. The summed E-state index contributed by atoms with van der Waals surface area (Å²) >= 11 is 6.19. The highest BCUT2D eigenvalue weighted by molar-refractivity contribution is 7.00. The normalized spacial score (nSPS) is 11.1. The van der Waals surface area contributed by atoms with Gasteiger partial charge in [-0.25, -0.2) is 4.79 Å². The monoisotopic (exact) mass is 411 g/mol. The van der Waals surface area contributed by atoms with Gasteiger partial charge in [-0.15, -0.1) is 0 Å². The van der Waals surface area contributed by atoms with Gasteiger partial charge in [-0.3, -0.25) is 9.68 Å². The second-order valence-electron chi connectivity index (χ2n) is 5.36. The van der Waals surface area contributed by atoms with Gasteiger partial charge in [0.15, 0.2) is 5.78 Å². The van der Waals surface area contributed by atoms with Gasteiger partial charge in [0, 0.05) is 12.7 Å². The lowest BCUT2D eigenvalue weighted by atomic mass is 9.89. The average molecular weight is 412 g/mol. The summed E-state index contributed by atoms with van der Waals surface area (Å²) in [5, 5.41) is 0.291. The van der Waals surface area contributed by atoms with E-state index < -0.39 is 17.7 Å². The van der Waals surface area contributed by atoms with Gasteiger partial charge < -0.3 is 4.74 Å². The lowest BCUT2D eigenvalue weighted by Crippen LogP contribution is -2.26. The number of benzene rings is 2. The first-order valence-electron chi connectivity index (χ1n) is 7.96. The second kappa shape index (κ2) is 12.3. The smallest absolute Gasteiger partial charge is 0.357 e. The van der Waals surface area contributed by atoms with Crippen LogP contribution >= 0.6 is 20.7 Å². The average Bonchev–Trinajstić information content (AvgIpc) is 2.68. The standard InChI is InChI=1S/C19H19ClO5.H2OP/c1-13-7-6-10-15(20)16(13)18(21)17(14-8-4-3-5-9-14)19(22)25-24-12-11-23-2;1-2/h3-10,17H,11-12H2,1-2H3;2H2/q;+1. The van der Waals surface area contributed by atoms with Crippen molar-refractivity contribution >= 4 is 32.5 Å². The fourth-order valence-electron chi connectivity index (χ4n) is 2.39. The van der Waals surface area contributed by atoms with Crippen molar-refractivity contribution in [1.82, 2.24) is 0 Å². The molecule has 0 aliphatic heterocycles. The molecule has 0 aliphatic carbocycles. The number of aryl methyl sites for hydroxylation is 1. The zero-order valence-corrected chi connectivity index (χ0v) is 16.9. The van der Waals surface area contributed by atoms with Crippen molar-refractivity contribution in [2.24, 2.45) is 0 Å². The first-order valence-corrected chi connectivity index (χ1v) is 8.81. The minimum atomic E-state index is -1.16. The molecule has 0 bridgehead atoms. The molecule has 2 unspecified atom stereocenters. The highest BCUT2D eigenvalue weighted by Gasteiger charge is 2.33. The first-order chi connectivity index (χ1) is 13.1. The van der Waals surface area contributed by atoms with Gasteiger partial charge in [0.25, 0.3) is 0 Å². The molecule has 144 valence electrons. The Bertz CT molecular complexity index is 733. The minimum Gasteiger partial charge on any atom is -0.382 e. The van der Waals surface area contributed by atoms with Crippen LogP contribution in [-0.4, -0.2) is 32.1 Å². The molecular weight excluding hydrogens is 391 g/mol. The number of ether oxygens (including phenoxy) is 1. The van der Waals surface area contributed by atoms with Gasteiger partial charge in [-0.05, 0) is 24.1 Å². The Morgan fingerprint density at radius 2 is 1.70 bits per heavy atom. The van der Waals surface area contributed by atoms with E-state index in [1.165, 1.54) is 16.2 Å². The van der Waals surface area contributed by atoms with E-state index in [0.29, 0.717) is 21.7 Å². The maximum absolute atomic E-state index is 13.1. The number of hydrogen-bond acceptors (Lipinski definition) is 6. The zero-order valence-electron chi connectivity index (χ0n) is 15.0. The number of carbonyl (C=O) groups excluding carboxylic acids is 2. The molecule has 0 fully saturated rings. The zero-order chi connectivity index (χ0) is 20.2. The third-order valence-corrected chi connectivity index (χ3v) is 3.93. The minimum absolute atomic E-state index is 0.0725. The van der Waals surface area contributed by atoms with Crippen LogP contribution in [0.25, 0.3) is 0 Å². The van der Waals surface area contributed by atoms with Crippen LogP contribution in [0.1, 0.15) is 27.4 Å². The highest BCUT2D eigenvalue weighted by atomic mass is 35.5. The number of ketones is 1. The maximum atomic E-state index is 13.1. The fraction of sp³-hybridized carbons (Fsp3) is 0.263. The van der Waals surface area contributed by atoms with Crippen molar-refractivity contribution in [3.63, 3.8) is 0 Å².